The summed E-state index contributed by atoms with van der Waals surface area (Å²) >= 11 is 6.38. The van der Waals surface area contributed by atoms with Crippen LogP contribution in [0.5, 0.6) is 0 Å². The van der Waals surface area contributed by atoms with Gasteiger partial charge in [-0.15, -0.1) is 0 Å². The summed E-state index contributed by atoms with van der Waals surface area (Å²) < 4.78 is 4.97. The van der Waals surface area contributed by atoms with Gasteiger partial charge in [0.25, 0.3) is 5.91 Å². The maximum absolute atomic E-state index is 12.1. The molecule has 0 N–H and O–H groups in total. The molecule has 0 aromatic carbocycles. The van der Waals surface area contributed by atoms with Crippen molar-refractivity contribution in [3.63, 3.8) is 0 Å². The van der Waals surface area contributed by atoms with Crippen LogP contribution in [0.15, 0.2) is 10.5 Å². The van der Waals surface area contributed by atoms with Crippen LogP contribution >= 0.6 is 24.0 Å². The van der Waals surface area contributed by atoms with Gasteiger partial charge in [-0.25, -0.2) is 0 Å². The summed E-state index contributed by atoms with van der Waals surface area (Å²) in [4.78, 5) is 25.3. The number of hydrogen-bond donors (Lipinski definition) is 0. The molecule has 1 rings (SSSR count). The first-order valence-electron chi connectivity index (χ1n) is 5.67. The van der Waals surface area contributed by atoms with Gasteiger partial charge >= 0.3 is 5.97 Å². The Kier molecular flexibility index (Phi) is 5.34. The van der Waals surface area contributed by atoms with Crippen molar-refractivity contribution in [1.82, 2.24) is 4.90 Å². The van der Waals surface area contributed by atoms with Gasteiger partial charge in [-0.1, -0.05) is 43.4 Å². The van der Waals surface area contributed by atoms with Crippen molar-refractivity contribution in [2.45, 2.75) is 27.2 Å². The van der Waals surface area contributed by atoms with E-state index in [0.29, 0.717) is 15.1 Å². The Morgan fingerprint density at radius 2 is 2.11 bits per heavy atom. The van der Waals surface area contributed by atoms with Gasteiger partial charge in [0.2, 0.25) is 0 Å². The molecule has 100 valence electrons. The predicted octanol–water partition coefficient (Wildman–Crippen LogP) is 2.34. The van der Waals surface area contributed by atoms with E-state index in [1.165, 1.54) is 23.8 Å². The van der Waals surface area contributed by atoms with Gasteiger partial charge in [-0.3, -0.25) is 14.5 Å². The van der Waals surface area contributed by atoms with Gasteiger partial charge in [0.05, 0.1) is 12.0 Å². The first-order chi connectivity index (χ1) is 8.36. The molecule has 6 heteroatoms. The van der Waals surface area contributed by atoms with Crippen molar-refractivity contribution in [2.24, 2.45) is 5.92 Å². The number of carbonyl (C=O) groups is 2. The van der Waals surface area contributed by atoms with Crippen molar-refractivity contribution in [3.05, 3.63) is 10.5 Å². The number of allylic oxidation sites excluding steroid dienone is 1. The van der Waals surface area contributed by atoms with Crippen molar-refractivity contribution >= 4 is 40.2 Å². The summed E-state index contributed by atoms with van der Waals surface area (Å²) in [6.45, 7) is 6.02. The van der Waals surface area contributed by atoms with Crippen LogP contribution in [0.2, 0.25) is 0 Å². The molecule has 18 heavy (non-hydrogen) atoms. The predicted molar refractivity (Wildman–Crippen MR) is 76.1 cm³/mol. The lowest BCUT2D eigenvalue weighted by Crippen LogP contribution is -2.34. The van der Waals surface area contributed by atoms with E-state index >= 15 is 0 Å². The fourth-order valence-electron chi connectivity index (χ4n) is 1.70. The van der Waals surface area contributed by atoms with Crippen molar-refractivity contribution in [1.29, 1.82) is 0 Å². The summed E-state index contributed by atoms with van der Waals surface area (Å²) in [5.74, 6) is -0.170. The Morgan fingerprint density at radius 1 is 1.50 bits per heavy atom. The SMILES string of the molecule is COC(=O)CN1C(=O)C(=C(C)CC(C)C)SC1=S. The van der Waals surface area contributed by atoms with Gasteiger partial charge in [-0.2, -0.15) is 0 Å². The highest BCUT2D eigenvalue weighted by molar-refractivity contribution is 8.26. The second kappa shape index (κ2) is 6.33. The number of rotatable bonds is 4. The number of esters is 1. The second-order valence-electron chi connectivity index (χ2n) is 4.54. The zero-order valence-corrected chi connectivity index (χ0v) is 12.6. The smallest absolute Gasteiger partial charge is 0.325 e. The van der Waals surface area contributed by atoms with Gasteiger partial charge in [0.1, 0.15) is 10.9 Å². The normalized spacial score (nSPS) is 18.6. The molecule has 0 saturated carbocycles. The van der Waals surface area contributed by atoms with E-state index in [4.69, 9.17) is 12.2 Å². The Labute approximate surface area is 117 Å². The molecule has 0 atom stereocenters. The molecule has 0 radical (unpaired) electrons. The lowest BCUT2D eigenvalue weighted by atomic mass is 10.0. The minimum absolute atomic E-state index is 0.111. The number of hydrogen-bond acceptors (Lipinski definition) is 5. The van der Waals surface area contributed by atoms with Gasteiger partial charge in [0.15, 0.2) is 0 Å². The van der Waals surface area contributed by atoms with Gasteiger partial charge in [-0.05, 0) is 19.3 Å². The molecule has 1 aliphatic heterocycles. The quantitative estimate of drug-likeness (QED) is 0.451. The number of amides is 1. The molecule has 1 aliphatic rings. The molecule has 4 nitrogen and oxygen atoms in total. The van der Waals surface area contributed by atoms with Crippen LogP contribution < -0.4 is 0 Å². The van der Waals surface area contributed by atoms with Crippen LogP contribution in [-0.2, 0) is 14.3 Å². The molecule has 0 spiro atoms. The molecule has 1 amide bonds. The topological polar surface area (TPSA) is 46.6 Å². The van der Waals surface area contributed by atoms with Crippen LogP contribution in [0.3, 0.4) is 0 Å². The van der Waals surface area contributed by atoms with Crippen molar-refractivity contribution in [2.75, 3.05) is 13.7 Å². The zero-order chi connectivity index (χ0) is 13.9. The zero-order valence-electron chi connectivity index (χ0n) is 11.0. The Hall–Kier alpha value is -0.880. The second-order valence-corrected chi connectivity index (χ2v) is 6.19. The molecule has 1 fully saturated rings. The molecule has 0 aliphatic carbocycles. The van der Waals surface area contributed by atoms with E-state index in [0.717, 1.165) is 12.0 Å². The van der Waals surface area contributed by atoms with Crippen molar-refractivity contribution < 1.29 is 14.3 Å². The molecular weight excluding hydrogens is 270 g/mol. The monoisotopic (exact) mass is 287 g/mol. The highest BCUT2D eigenvalue weighted by Crippen LogP contribution is 2.34. The molecule has 1 saturated heterocycles. The molecule has 0 aromatic heterocycles. The summed E-state index contributed by atoms with van der Waals surface area (Å²) in [7, 11) is 1.29. The fraction of sp³-hybridized carbons (Fsp3) is 0.583. The lowest BCUT2D eigenvalue weighted by Gasteiger charge is -2.12. The lowest BCUT2D eigenvalue weighted by molar-refractivity contribution is -0.143. The van der Waals surface area contributed by atoms with Gasteiger partial charge in [0, 0.05) is 0 Å². The van der Waals surface area contributed by atoms with E-state index in [2.05, 4.69) is 18.6 Å². The number of methoxy groups -OCH3 is 1. The van der Waals surface area contributed by atoms with Crippen LogP contribution in [-0.4, -0.2) is 34.8 Å². The summed E-state index contributed by atoms with van der Waals surface area (Å²) in [5.41, 5.74) is 1.02. The van der Waals surface area contributed by atoms with Gasteiger partial charge < -0.3 is 4.74 Å². The molecule has 1 heterocycles. The number of carbonyl (C=O) groups excluding carboxylic acids is 2. The summed E-state index contributed by atoms with van der Waals surface area (Å²) in [6.07, 6.45) is 0.850. The van der Waals surface area contributed by atoms with Crippen LogP contribution in [0.1, 0.15) is 27.2 Å². The summed E-state index contributed by atoms with van der Waals surface area (Å²) in [6, 6.07) is 0. The third-order valence-electron chi connectivity index (χ3n) is 2.47. The summed E-state index contributed by atoms with van der Waals surface area (Å²) in [5, 5.41) is 0. The number of nitrogens with zero attached hydrogens (tertiary/aromatic N) is 1. The number of thiocarbonyl (C=S) groups is 1. The van der Waals surface area contributed by atoms with Crippen LogP contribution in [0, 0.1) is 5.92 Å². The first kappa shape index (κ1) is 15.2. The molecule has 0 aromatic rings. The number of thioether (sulfide) groups is 1. The van der Waals surface area contributed by atoms with E-state index < -0.39 is 5.97 Å². The third-order valence-corrected chi connectivity index (χ3v) is 4.06. The maximum atomic E-state index is 12.1. The van der Waals surface area contributed by atoms with E-state index in [9.17, 15) is 9.59 Å². The Balaban J connectivity index is 2.87. The van der Waals surface area contributed by atoms with Crippen LogP contribution in [0.4, 0.5) is 0 Å². The number of ether oxygens (including phenoxy) is 1. The fourth-order valence-corrected chi connectivity index (χ4v) is 2.98. The molecular formula is C12H17NO3S2. The average Bonchev–Trinajstić information content (AvgIpc) is 2.56. The van der Waals surface area contributed by atoms with E-state index in [1.807, 2.05) is 6.92 Å². The van der Waals surface area contributed by atoms with Crippen molar-refractivity contribution in [3.8, 4) is 0 Å². The standard InChI is InChI=1S/C12H17NO3S2/c1-7(2)5-8(3)10-11(15)13(12(17)18-10)6-9(14)16-4/h7H,5-6H2,1-4H3. The third kappa shape index (κ3) is 3.55. The van der Waals surface area contributed by atoms with E-state index in [-0.39, 0.29) is 12.5 Å². The molecule has 0 bridgehead atoms. The minimum Gasteiger partial charge on any atom is -0.468 e. The highest BCUT2D eigenvalue weighted by Gasteiger charge is 2.34. The van der Waals surface area contributed by atoms with Crippen LogP contribution in [0.25, 0.3) is 0 Å². The maximum Gasteiger partial charge on any atom is 0.325 e. The Bertz CT molecular complexity index is 416. The first-order valence-corrected chi connectivity index (χ1v) is 6.89. The largest absolute Gasteiger partial charge is 0.468 e. The average molecular weight is 287 g/mol. The molecule has 0 unspecified atom stereocenters. The minimum atomic E-state index is -0.464. The van der Waals surface area contributed by atoms with E-state index in [1.54, 1.807) is 0 Å². The Morgan fingerprint density at radius 3 is 2.61 bits per heavy atom. The highest BCUT2D eigenvalue weighted by atomic mass is 32.2.